The fraction of sp³-hybridized carbons (Fsp3) is 0.720. The maximum absolute atomic E-state index is 9.24. The van der Waals surface area contributed by atoms with Gasteiger partial charge in [-0.05, 0) is 36.2 Å². The summed E-state index contributed by atoms with van der Waals surface area (Å²) in [5.41, 5.74) is 1.06. The van der Waals surface area contributed by atoms with Crippen LogP contribution in [-0.4, -0.2) is 17.9 Å². The van der Waals surface area contributed by atoms with Crippen LogP contribution in [0, 0.1) is 0 Å². The van der Waals surface area contributed by atoms with Crippen molar-refractivity contribution in [2.75, 3.05) is 6.54 Å². The van der Waals surface area contributed by atoms with Gasteiger partial charge in [0.15, 0.2) is 0 Å². The SMILES string of the molecule is CCCCCCCCCCCCCCCCCCN=Cc1ccc(O)cc1. The number of hydrogen-bond acceptors (Lipinski definition) is 2. The highest BCUT2D eigenvalue weighted by Gasteiger charge is 1.94. The molecule has 154 valence electrons. The van der Waals surface area contributed by atoms with Gasteiger partial charge in [0.1, 0.15) is 5.75 Å². The molecule has 0 saturated heterocycles. The lowest BCUT2D eigenvalue weighted by molar-refractivity contribution is 0.475. The number of aromatic hydroxyl groups is 1. The van der Waals surface area contributed by atoms with Crippen LogP contribution >= 0.6 is 0 Å². The van der Waals surface area contributed by atoms with Gasteiger partial charge in [0.2, 0.25) is 0 Å². The molecule has 27 heavy (non-hydrogen) atoms. The first-order chi connectivity index (χ1) is 13.3. The minimum absolute atomic E-state index is 0.310. The van der Waals surface area contributed by atoms with Crippen molar-refractivity contribution < 1.29 is 5.11 Å². The molecule has 0 unspecified atom stereocenters. The van der Waals surface area contributed by atoms with E-state index in [9.17, 15) is 5.11 Å². The molecule has 1 aromatic rings. The Balaban J connectivity index is 1.76. The van der Waals surface area contributed by atoms with Crippen LogP contribution in [-0.2, 0) is 0 Å². The molecule has 0 saturated carbocycles. The number of aliphatic imine (C=N–C) groups is 1. The molecule has 2 nitrogen and oxygen atoms in total. The molecule has 0 aliphatic heterocycles. The Morgan fingerprint density at radius 2 is 1.04 bits per heavy atom. The Bertz CT molecular complexity index is 452. The molecule has 2 heteroatoms. The monoisotopic (exact) mass is 373 g/mol. The Kier molecular flexibility index (Phi) is 15.9. The number of unbranched alkanes of at least 4 members (excludes halogenated alkanes) is 15. The second-order valence-electron chi connectivity index (χ2n) is 7.93. The normalized spacial score (nSPS) is 11.4. The van der Waals surface area contributed by atoms with Gasteiger partial charge in [-0.1, -0.05) is 103 Å². The average molecular weight is 374 g/mol. The number of hydrogen-bond donors (Lipinski definition) is 1. The molecule has 0 fully saturated rings. The Hall–Kier alpha value is -1.31. The van der Waals surface area contributed by atoms with E-state index in [0.717, 1.165) is 12.1 Å². The minimum Gasteiger partial charge on any atom is -0.508 e. The zero-order valence-corrected chi connectivity index (χ0v) is 17.8. The molecule has 0 aliphatic carbocycles. The zero-order valence-electron chi connectivity index (χ0n) is 17.8. The topological polar surface area (TPSA) is 32.6 Å². The first kappa shape index (κ1) is 23.7. The van der Waals surface area contributed by atoms with Gasteiger partial charge in [-0.15, -0.1) is 0 Å². The van der Waals surface area contributed by atoms with Crippen LogP contribution in [0.1, 0.15) is 115 Å². The molecule has 0 heterocycles. The van der Waals surface area contributed by atoms with E-state index in [1.54, 1.807) is 12.1 Å². The number of benzene rings is 1. The van der Waals surface area contributed by atoms with E-state index in [0.29, 0.717) is 5.75 Å². The first-order valence-electron chi connectivity index (χ1n) is 11.6. The smallest absolute Gasteiger partial charge is 0.115 e. The maximum Gasteiger partial charge on any atom is 0.115 e. The van der Waals surface area contributed by atoms with Crippen molar-refractivity contribution in [3.63, 3.8) is 0 Å². The molecule has 0 radical (unpaired) electrons. The Morgan fingerprint density at radius 3 is 1.48 bits per heavy atom. The fourth-order valence-electron chi connectivity index (χ4n) is 3.48. The molecule has 0 atom stereocenters. The molecule has 0 bridgehead atoms. The lowest BCUT2D eigenvalue weighted by Gasteiger charge is -2.03. The van der Waals surface area contributed by atoms with Gasteiger partial charge in [-0.2, -0.15) is 0 Å². The third-order valence-electron chi connectivity index (χ3n) is 5.27. The molecule has 1 aromatic carbocycles. The Labute approximate surface area is 168 Å². The predicted molar refractivity (Wildman–Crippen MR) is 120 cm³/mol. The van der Waals surface area contributed by atoms with Crippen molar-refractivity contribution in [3.05, 3.63) is 29.8 Å². The highest BCUT2D eigenvalue weighted by atomic mass is 16.3. The minimum atomic E-state index is 0.310. The van der Waals surface area contributed by atoms with Gasteiger partial charge in [-0.3, -0.25) is 4.99 Å². The van der Waals surface area contributed by atoms with Gasteiger partial charge >= 0.3 is 0 Å². The molecule has 0 aromatic heterocycles. The molecular weight excluding hydrogens is 330 g/mol. The van der Waals surface area contributed by atoms with Crippen LogP contribution in [0.15, 0.2) is 29.3 Å². The lowest BCUT2D eigenvalue weighted by atomic mass is 10.0. The third kappa shape index (κ3) is 15.4. The van der Waals surface area contributed by atoms with Gasteiger partial charge in [0, 0.05) is 12.8 Å². The van der Waals surface area contributed by atoms with E-state index in [1.165, 1.54) is 103 Å². The maximum atomic E-state index is 9.24. The summed E-state index contributed by atoms with van der Waals surface area (Å²) in [5, 5.41) is 9.24. The highest BCUT2D eigenvalue weighted by molar-refractivity contribution is 5.79. The number of phenols is 1. The number of nitrogens with zero attached hydrogens (tertiary/aromatic N) is 1. The highest BCUT2D eigenvalue weighted by Crippen LogP contribution is 2.13. The average Bonchev–Trinajstić information content (AvgIpc) is 2.68. The summed E-state index contributed by atoms with van der Waals surface area (Å²) in [5.74, 6) is 0.310. The summed E-state index contributed by atoms with van der Waals surface area (Å²) >= 11 is 0. The van der Waals surface area contributed by atoms with Crippen LogP contribution < -0.4 is 0 Å². The second kappa shape index (κ2) is 18.1. The summed E-state index contributed by atoms with van der Waals surface area (Å²) in [6, 6.07) is 7.20. The largest absolute Gasteiger partial charge is 0.508 e. The quantitative estimate of drug-likeness (QED) is 0.205. The molecular formula is C25H43NO. The first-order valence-corrected chi connectivity index (χ1v) is 11.6. The lowest BCUT2D eigenvalue weighted by Crippen LogP contribution is -1.86. The standard InChI is InChI=1S/C25H43NO/c1-2-3-4-5-6-7-8-9-10-11-12-13-14-15-16-17-22-26-23-24-18-20-25(27)21-19-24/h18-21,23,27H,2-17,22H2,1H3. The van der Waals surface area contributed by atoms with Gasteiger partial charge in [0.05, 0.1) is 0 Å². The summed E-state index contributed by atoms with van der Waals surface area (Å²) in [6.45, 7) is 3.20. The molecule has 0 spiro atoms. The van der Waals surface area contributed by atoms with Crippen LogP contribution in [0.25, 0.3) is 0 Å². The van der Waals surface area contributed by atoms with E-state index in [2.05, 4.69) is 11.9 Å². The molecule has 0 amide bonds. The van der Waals surface area contributed by atoms with Crippen LogP contribution in [0.5, 0.6) is 5.75 Å². The predicted octanol–water partition coefficient (Wildman–Crippen LogP) is 8.07. The number of phenolic OH excluding ortho intramolecular Hbond substituents is 1. The van der Waals surface area contributed by atoms with Crippen molar-refractivity contribution in [1.82, 2.24) is 0 Å². The van der Waals surface area contributed by atoms with E-state index < -0.39 is 0 Å². The third-order valence-corrected chi connectivity index (χ3v) is 5.27. The van der Waals surface area contributed by atoms with Crippen LogP contribution in [0.3, 0.4) is 0 Å². The van der Waals surface area contributed by atoms with Crippen LogP contribution in [0.4, 0.5) is 0 Å². The van der Waals surface area contributed by atoms with E-state index in [-0.39, 0.29) is 0 Å². The van der Waals surface area contributed by atoms with Crippen molar-refractivity contribution >= 4 is 6.21 Å². The van der Waals surface area contributed by atoms with Crippen molar-refractivity contribution in [2.45, 2.75) is 110 Å². The van der Waals surface area contributed by atoms with E-state index in [4.69, 9.17) is 0 Å². The van der Waals surface area contributed by atoms with Gasteiger partial charge in [0.25, 0.3) is 0 Å². The van der Waals surface area contributed by atoms with E-state index >= 15 is 0 Å². The van der Waals surface area contributed by atoms with Crippen LogP contribution in [0.2, 0.25) is 0 Å². The summed E-state index contributed by atoms with van der Waals surface area (Å²) in [4.78, 5) is 4.47. The second-order valence-corrected chi connectivity index (χ2v) is 7.93. The van der Waals surface area contributed by atoms with Crippen molar-refractivity contribution in [1.29, 1.82) is 0 Å². The summed E-state index contributed by atoms with van der Waals surface area (Å²) < 4.78 is 0. The molecule has 1 N–H and O–H groups in total. The number of rotatable bonds is 18. The zero-order chi connectivity index (χ0) is 19.4. The summed E-state index contributed by atoms with van der Waals surface area (Å²) in [7, 11) is 0. The molecule has 1 rings (SSSR count). The van der Waals surface area contributed by atoms with Crippen molar-refractivity contribution in [3.8, 4) is 5.75 Å². The molecule has 0 aliphatic rings. The fourth-order valence-corrected chi connectivity index (χ4v) is 3.48. The summed E-state index contributed by atoms with van der Waals surface area (Å²) in [6.07, 6.45) is 24.4. The Morgan fingerprint density at radius 1 is 0.630 bits per heavy atom. The van der Waals surface area contributed by atoms with Crippen molar-refractivity contribution in [2.24, 2.45) is 4.99 Å². The van der Waals surface area contributed by atoms with Gasteiger partial charge < -0.3 is 5.11 Å². The van der Waals surface area contributed by atoms with Gasteiger partial charge in [-0.25, -0.2) is 0 Å². The van der Waals surface area contributed by atoms with E-state index in [1.807, 2.05) is 18.3 Å².